The Morgan fingerprint density at radius 1 is 1.25 bits per heavy atom. The number of ether oxygens (including phenoxy) is 1. The molecule has 0 spiro atoms. The second-order valence-electron chi connectivity index (χ2n) is 8.86. The summed E-state index contributed by atoms with van der Waals surface area (Å²) in [5, 5.41) is 8.95. The van der Waals surface area contributed by atoms with Gasteiger partial charge < -0.3 is 10.1 Å². The van der Waals surface area contributed by atoms with E-state index in [0.717, 1.165) is 45.4 Å². The molecule has 0 aliphatic heterocycles. The zero-order valence-corrected chi connectivity index (χ0v) is 20.3. The number of nitrogens with one attached hydrogen (secondary N) is 1. The van der Waals surface area contributed by atoms with Crippen molar-refractivity contribution in [3.63, 3.8) is 0 Å². The van der Waals surface area contributed by atoms with Crippen molar-refractivity contribution >= 4 is 23.3 Å². The van der Waals surface area contributed by atoms with Crippen LogP contribution in [-0.2, 0) is 4.79 Å². The molecule has 170 valence electrons. The third kappa shape index (κ3) is 4.49. The van der Waals surface area contributed by atoms with Crippen LogP contribution in [0.15, 0.2) is 35.4 Å². The molecule has 1 amide bonds. The maximum atomic E-state index is 12.7. The van der Waals surface area contributed by atoms with E-state index in [1.165, 1.54) is 24.6 Å². The Balaban J connectivity index is 1.58. The molecule has 0 saturated heterocycles. The van der Waals surface area contributed by atoms with Crippen LogP contribution in [0, 0.1) is 25.7 Å². The van der Waals surface area contributed by atoms with E-state index in [-0.39, 0.29) is 11.9 Å². The lowest BCUT2D eigenvalue weighted by molar-refractivity contribution is -0.120. The minimum atomic E-state index is 0.0809. The van der Waals surface area contributed by atoms with Crippen molar-refractivity contribution < 1.29 is 9.53 Å². The molecule has 7 heteroatoms. The summed E-state index contributed by atoms with van der Waals surface area (Å²) in [6, 6.07) is 10.2. The van der Waals surface area contributed by atoms with Gasteiger partial charge in [0.2, 0.25) is 5.91 Å². The Bertz CT molecular complexity index is 1130. The van der Waals surface area contributed by atoms with Crippen LogP contribution in [0.25, 0.3) is 16.8 Å². The number of nitrogens with zero attached hydrogens (tertiary/aromatic N) is 3. The maximum absolute atomic E-state index is 12.7. The summed E-state index contributed by atoms with van der Waals surface area (Å²) in [7, 11) is 1.67. The SMILES string of the molecule is COc1ccccc1-c1c(C)nn2c(SCC(=O)N[C@@H]3CCC[C@@H](C)[C@@H]3C)cc(C)nc12. The van der Waals surface area contributed by atoms with Crippen molar-refractivity contribution in [3.8, 4) is 16.9 Å². The van der Waals surface area contributed by atoms with E-state index < -0.39 is 0 Å². The number of amides is 1. The second kappa shape index (κ2) is 9.53. The first kappa shape index (κ1) is 22.6. The number of fused-ring (bicyclic) bond motifs is 1. The van der Waals surface area contributed by atoms with Crippen molar-refractivity contribution in [1.82, 2.24) is 19.9 Å². The molecule has 4 rings (SSSR count). The van der Waals surface area contributed by atoms with Crippen LogP contribution in [0.4, 0.5) is 0 Å². The van der Waals surface area contributed by atoms with Gasteiger partial charge in [0.05, 0.1) is 24.1 Å². The average Bonchev–Trinajstić information content (AvgIpc) is 3.10. The van der Waals surface area contributed by atoms with Crippen LogP contribution < -0.4 is 10.1 Å². The van der Waals surface area contributed by atoms with Crippen molar-refractivity contribution in [2.24, 2.45) is 11.8 Å². The second-order valence-corrected chi connectivity index (χ2v) is 9.86. The molecule has 3 aromatic rings. The normalized spacial score (nSPS) is 21.0. The molecular weight excluding hydrogens is 420 g/mol. The summed E-state index contributed by atoms with van der Waals surface area (Å²) in [4.78, 5) is 17.5. The Morgan fingerprint density at radius 3 is 2.81 bits per heavy atom. The van der Waals surface area contributed by atoms with Crippen LogP contribution in [0.5, 0.6) is 5.75 Å². The zero-order chi connectivity index (χ0) is 22.8. The van der Waals surface area contributed by atoms with Crippen LogP contribution in [-0.4, -0.2) is 39.4 Å². The summed E-state index contributed by atoms with van der Waals surface area (Å²) in [6.45, 7) is 8.50. The molecule has 2 aromatic heterocycles. The Morgan fingerprint density at radius 2 is 2.03 bits per heavy atom. The van der Waals surface area contributed by atoms with Crippen LogP contribution in [0.1, 0.15) is 44.5 Å². The first-order valence-corrected chi connectivity index (χ1v) is 12.3. The van der Waals surface area contributed by atoms with E-state index in [1.54, 1.807) is 7.11 Å². The quantitative estimate of drug-likeness (QED) is 0.418. The molecule has 0 unspecified atom stereocenters. The van der Waals surface area contributed by atoms with Gasteiger partial charge in [0.25, 0.3) is 0 Å². The highest BCUT2D eigenvalue weighted by Crippen LogP contribution is 2.36. The molecule has 1 N–H and O–H groups in total. The third-order valence-electron chi connectivity index (χ3n) is 6.64. The molecule has 1 saturated carbocycles. The van der Waals surface area contributed by atoms with Crippen LogP contribution in [0.2, 0.25) is 0 Å². The molecule has 1 aromatic carbocycles. The van der Waals surface area contributed by atoms with Gasteiger partial charge in [-0.3, -0.25) is 4.79 Å². The van der Waals surface area contributed by atoms with E-state index in [4.69, 9.17) is 14.8 Å². The minimum absolute atomic E-state index is 0.0809. The van der Waals surface area contributed by atoms with Gasteiger partial charge in [-0.25, -0.2) is 9.50 Å². The predicted octanol–water partition coefficient (Wildman–Crippen LogP) is 5.05. The topological polar surface area (TPSA) is 68.5 Å². The molecule has 0 bridgehead atoms. The monoisotopic (exact) mass is 452 g/mol. The highest BCUT2D eigenvalue weighted by molar-refractivity contribution is 7.99. The van der Waals surface area contributed by atoms with Crippen molar-refractivity contribution in [2.75, 3.05) is 12.9 Å². The van der Waals surface area contributed by atoms with Gasteiger partial charge in [0.15, 0.2) is 5.65 Å². The number of benzene rings is 1. The molecule has 0 radical (unpaired) electrons. The predicted molar refractivity (Wildman–Crippen MR) is 129 cm³/mol. The number of aromatic nitrogens is 3. The standard InChI is InChI=1S/C25H32N4O2S/c1-15-9-8-11-20(17(15)3)27-22(30)14-32-23-13-16(2)26-25-24(18(4)28-29(23)25)19-10-6-7-12-21(19)31-5/h6-7,10,12-13,15,17,20H,8-9,11,14H2,1-5H3,(H,27,30)/t15-,17+,20-/m1/s1. The number of rotatable bonds is 6. The number of para-hydroxylation sites is 1. The van der Waals surface area contributed by atoms with Crippen molar-refractivity contribution in [1.29, 1.82) is 0 Å². The molecule has 6 nitrogen and oxygen atoms in total. The Hall–Kier alpha value is -2.54. The zero-order valence-electron chi connectivity index (χ0n) is 19.5. The summed E-state index contributed by atoms with van der Waals surface area (Å²) in [5.74, 6) is 2.41. The molecule has 3 atom stereocenters. The highest BCUT2D eigenvalue weighted by Gasteiger charge is 2.28. The van der Waals surface area contributed by atoms with Gasteiger partial charge >= 0.3 is 0 Å². The van der Waals surface area contributed by atoms with Gasteiger partial charge in [-0.05, 0) is 44.2 Å². The molecule has 1 aliphatic carbocycles. The summed E-state index contributed by atoms with van der Waals surface area (Å²) >= 11 is 1.51. The Kier molecular flexibility index (Phi) is 6.74. The molecule has 1 aliphatic rings. The van der Waals surface area contributed by atoms with Gasteiger partial charge in [0, 0.05) is 17.3 Å². The number of carbonyl (C=O) groups is 1. The molecule has 2 heterocycles. The van der Waals surface area contributed by atoms with E-state index in [2.05, 4.69) is 19.2 Å². The van der Waals surface area contributed by atoms with E-state index in [9.17, 15) is 4.79 Å². The summed E-state index contributed by atoms with van der Waals surface area (Å²) in [5.41, 5.74) is 4.48. The van der Waals surface area contributed by atoms with Gasteiger partial charge in [-0.2, -0.15) is 5.10 Å². The fourth-order valence-electron chi connectivity index (χ4n) is 4.65. The Labute approximate surface area is 194 Å². The van der Waals surface area contributed by atoms with Gasteiger partial charge in [0.1, 0.15) is 10.8 Å². The van der Waals surface area contributed by atoms with Gasteiger partial charge in [-0.1, -0.05) is 56.7 Å². The highest BCUT2D eigenvalue weighted by atomic mass is 32.2. The van der Waals surface area contributed by atoms with E-state index in [1.807, 2.05) is 48.7 Å². The maximum Gasteiger partial charge on any atom is 0.230 e. The lowest BCUT2D eigenvalue weighted by Crippen LogP contribution is -2.44. The number of thioether (sulfide) groups is 1. The number of aryl methyl sites for hydroxylation is 2. The minimum Gasteiger partial charge on any atom is -0.496 e. The van der Waals surface area contributed by atoms with E-state index >= 15 is 0 Å². The smallest absolute Gasteiger partial charge is 0.230 e. The average molecular weight is 453 g/mol. The fraction of sp³-hybridized carbons (Fsp3) is 0.480. The van der Waals surface area contributed by atoms with Gasteiger partial charge in [-0.15, -0.1) is 0 Å². The molecule has 1 fully saturated rings. The lowest BCUT2D eigenvalue weighted by atomic mass is 9.78. The third-order valence-corrected chi connectivity index (χ3v) is 7.63. The van der Waals surface area contributed by atoms with Crippen LogP contribution in [0.3, 0.4) is 0 Å². The first-order chi connectivity index (χ1) is 15.4. The molecule has 32 heavy (non-hydrogen) atoms. The number of hydrogen-bond donors (Lipinski definition) is 1. The summed E-state index contributed by atoms with van der Waals surface area (Å²) < 4.78 is 7.43. The lowest BCUT2D eigenvalue weighted by Gasteiger charge is -2.34. The fourth-order valence-corrected chi connectivity index (χ4v) is 5.52. The van der Waals surface area contributed by atoms with Crippen molar-refractivity contribution in [3.05, 3.63) is 41.7 Å². The number of carbonyl (C=O) groups excluding carboxylic acids is 1. The summed E-state index contributed by atoms with van der Waals surface area (Å²) in [6.07, 6.45) is 3.51. The van der Waals surface area contributed by atoms with Crippen molar-refractivity contribution in [2.45, 2.75) is 58.0 Å². The first-order valence-electron chi connectivity index (χ1n) is 11.3. The molecular formula is C25H32N4O2S. The number of hydrogen-bond acceptors (Lipinski definition) is 5. The number of methoxy groups -OCH3 is 1. The van der Waals surface area contributed by atoms with Crippen LogP contribution >= 0.6 is 11.8 Å². The van der Waals surface area contributed by atoms with E-state index in [0.29, 0.717) is 17.6 Å². The largest absolute Gasteiger partial charge is 0.496 e.